The summed E-state index contributed by atoms with van der Waals surface area (Å²) >= 11 is 0. The van der Waals surface area contributed by atoms with Crippen LogP contribution in [0.5, 0.6) is 0 Å². The maximum Gasteiger partial charge on any atom is 0.409 e. The highest BCUT2D eigenvalue weighted by atomic mass is 19.2. The Bertz CT molecular complexity index is 1280. The average Bonchev–Trinajstić information content (AvgIpc) is 3.27. The zero-order chi connectivity index (χ0) is 26.0. The summed E-state index contributed by atoms with van der Waals surface area (Å²) in [4.78, 5) is 30.3. The number of ether oxygens (including phenoxy) is 1. The molecule has 0 unspecified atom stereocenters. The number of carbonyl (C=O) groups is 2. The van der Waals surface area contributed by atoms with Gasteiger partial charge in [0.1, 0.15) is 11.0 Å². The van der Waals surface area contributed by atoms with Crippen LogP contribution in [0.15, 0.2) is 24.4 Å². The lowest BCUT2D eigenvalue weighted by molar-refractivity contribution is 0.0621. The summed E-state index contributed by atoms with van der Waals surface area (Å²) in [5, 5.41) is 10.9. The average molecular weight is 501 g/mol. The van der Waals surface area contributed by atoms with E-state index >= 15 is 0 Å². The van der Waals surface area contributed by atoms with E-state index in [4.69, 9.17) is 4.74 Å². The second-order valence-corrected chi connectivity index (χ2v) is 10.1. The van der Waals surface area contributed by atoms with Gasteiger partial charge in [-0.15, -0.1) is 5.10 Å². The zero-order valence-electron chi connectivity index (χ0n) is 20.8. The number of rotatable bonds is 5. The number of pyridine rings is 1. The Hall–Kier alpha value is -3.63. The highest BCUT2D eigenvalue weighted by Crippen LogP contribution is 2.29. The minimum absolute atomic E-state index is 0.0138. The first kappa shape index (κ1) is 25.5. The fourth-order valence-electron chi connectivity index (χ4n) is 4.10. The molecule has 1 aliphatic rings. The number of benzene rings is 1. The number of amides is 2. The van der Waals surface area contributed by atoms with Crippen molar-refractivity contribution < 1.29 is 23.1 Å². The summed E-state index contributed by atoms with van der Waals surface area (Å²) in [5.74, 6) is -3.05. The van der Waals surface area contributed by atoms with E-state index in [0.29, 0.717) is 50.1 Å². The fraction of sp³-hybridized carbons (Fsp3) is 0.480. The number of nitrogens with zero attached hydrogens (tertiary/aromatic N) is 5. The van der Waals surface area contributed by atoms with Crippen LogP contribution >= 0.6 is 0 Å². The maximum atomic E-state index is 14.8. The Kier molecular flexibility index (Phi) is 7.18. The summed E-state index contributed by atoms with van der Waals surface area (Å²) in [6, 6.07) is 4.12. The zero-order valence-corrected chi connectivity index (χ0v) is 20.8. The van der Waals surface area contributed by atoms with Gasteiger partial charge in [0.15, 0.2) is 11.6 Å². The smallest absolute Gasteiger partial charge is 0.409 e. The predicted molar refractivity (Wildman–Crippen MR) is 129 cm³/mol. The summed E-state index contributed by atoms with van der Waals surface area (Å²) in [6.07, 6.45) is 2.56. The molecule has 0 saturated carbocycles. The van der Waals surface area contributed by atoms with Gasteiger partial charge in [0.2, 0.25) is 0 Å². The summed E-state index contributed by atoms with van der Waals surface area (Å²) in [7, 11) is 0. The topological polar surface area (TPSA) is 102 Å². The van der Waals surface area contributed by atoms with Crippen LogP contribution < -0.4 is 5.32 Å². The van der Waals surface area contributed by atoms with Crippen molar-refractivity contribution in [2.75, 3.05) is 26.2 Å². The van der Waals surface area contributed by atoms with Crippen molar-refractivity contribution in [2.24, 2.45) is 5.41 Å². The minimum atomic E-state index is -1.23. The number of hydrogen-bond acceptors (Lipinski definition) is 6. The number of nitrogens with one attached hydrogen (secondary N) is 1. The van der Waals surface area contributed by atoms with Crippen molar-refractivity contribution in [3.8, 4) is 11.3 Å². The van der Waals surface area contributed by atoms with Crippen LogP contribution in [0.1, 0.15) is 56.9 Å². The quantitative estimate of drug-likeness (QED) is 0.559. The van der Waals surface area contributed by atoms with Gasteiger partial charge in [-0.3, -0.25) is 9.78 Å². The number of aromatic nitrogens is 4. The minimum Gasteiger partial charge on any atom is -0.449 e. The molecular weight excluding hydrogens is 470 g/mol. The van der Waals surface area contributed by atoms with Crippen molar-refractivity contribution in [2.45, 2.75) is 46.6 Å². The summed E-state index contributed by atoms with van der Waals surface area (Å²) in [6.45, 7) is 9.43. The molecule has 1 saturated heterocycles. The van der Waals surface area contributed by atoms with Crippen LogP contribution in [-0.4, -0.2) is 63.1 Å². The number of carbonyl (C=O) groups excluding carboxylic acids is 2. The first-order valence-corrected chi connectivity index (χ1v) is 12.0. The summed E-state index contributed by atoms with van der Waals surface area (Å²) in [5.41, 5.74) is 0.800. The number of piperidine rings is 1. The van der Waals surface area contributed by atoms with Gasteiger partial charge in [-0.25, -0.2) is 18.3 Å². The Balaban J connectivity index is 1.49. The van der Waals surface area contributed by atoms with Crippen LogP contribution in [0.3, 0.4) is 0 Å². The second-order valence-electron chi connectivity index (χ2n) is 10.1. The molecule has 3 heterocycles. The molecule has 1 fully saturated rings. The van der Waals surface area contributed by atoms with Crippen molar-refractivity contribution in [1.29, 1.82) is 0 Å². The molecule has 0 spiro atoms. The molecule has 2 amide bonds. The van der Waals surface area contributed by atoms with Crippen molar-refractivity contribution in [3.63, 3.8) is 0 Å². The number of fused-ring (bicyclic) bond motifs is 1. The van der Waals surface area contributed by atoms with Crippen LogP contribution in [0.25, 0.3) is 22.3 Å². The second kappa shape index (κ2) is 10.2. The van der Waals surface area contributed by atoms with Gasteiger partial charge >= 0.3 is 6.09 Å². The molecule has 1 N–H and O–H groups in total. The fourth-order valence-corrected chi connectivity index (χ4v) is 4.10. The van der Waals surface area contributed by atoms with Gasteiger partial charge in [-0.05, 0) is 43.4 Å². The lowest BCUT2D eigenvalue weighted by Crippen LogP contribution is -2.40. The molecule has 9 nitrogen and oxygen atoms in total. The highest BCUT2D eigenvalue weighted by Gasteiger charge is 2.28. The van der Waals surface area contributed by atoms with Crippen molar-refractivity contribution in [3.05, 3.63) is 41.6 Å². The molecule has 0 radical (unpaired) electrons. The molecular formula is C25H30F2N6O3. The van der Waals surface area contributed by atoms with E-state index in [1.54, 1.807) is 22.6 Å². The molecule has 0 atom stereocenters. The molecule has 0 bridgehead atoms. The maximum absolute atomic E-state index is 14.8. The first-order valence-electron chi connectivity index (χ1n) is 12.0. The third-order valence-corrected chi connectivity index (χ3v) is 5.99. The molecule has 36 heavy (non-hydrogen) atoms. The Morgan fingerprint density at radius 1 is 1.17 bits per heavy atom. The van der Waals surface area contributed by atoms with E-state index in [9.17, 15) is 18.4 Å². The molecule has 0 aliphatic carbocycles. The van der Waals surface area contributed by atoms with Gasteiger partial charge in [-0.1, -0.05) is 26.0 Å². The van der Waals surface area contributed by atoms with Gasteiger partial charge in [0, 0.05) is 25.2 Å². The van der Waals surface area contributed by atoms with E-state index in [0.717, 1.165) is 0 Å². The van der Waals surface area contributed by atoms with Gasteiger partial charge in [0.05, 0.1) is 30.1 Å². The standard InChI is InChI=1S/C25H30F2N6O3/c1-5-28-23(34)17-7-6-16(21(26)22(17)27)18-12-19-20(13-29-18)33(31-30-19)15-8-10-32(11-9-15)24(35)36-14-25(2,3)4/h6-7,12-13,15H,5,8-11,14H2,1-4H3,(H,28,34). The van der Waals surface area contributed by atoms with E-state index in [1.165, 1.54) is 18.3 Å². The molecule has 2 aromatic heterocycles. The van der Waals surface area contributed by atoms with Crippen molar-refractivity contribution >= 4 is 23.0 Å². The van der Waals surface area contributed by atoms with Gasteiger partial charge < -0.3 is 15.0 Å². The largest absolute Gasteiger partial charge is 0.449 e. The molecule has 11 heteroatoms. The molecule has 192 valence electrons. The highest BCUT2D eigenvalue weighted by molar-refractivity contribution is 5.95. The first-order chi connectivity index (χ1) is 17.1. The molecule has 4 rings (SSSR count). The number of likely N-dealkylation sites (tertiary alicyclic amines) is 1. The summed E-state index contributed by atoms with van der Waals surface area (Å²) < 4.78 is 36.5. The predicted octanol–water partition coefficient (Wildman–Crippen LogP) is 4.34. The van der Waals surface area contributed by atoms with E-state index in [-0.39, 0.29) is 34.4 Å². The Morgan fingerprint density at radius 2 is 1.89 bits per heavy atom. The van der Waals surface area contributed by atoms with E-state index in [1.807, 2.05) is 20.8 Å². The van der Waals surface area contributed by atoms with Gasteiger partial charge in [0.25, 0.3) is 5.91 Å². The monoisotopic (exact) mass is 500 g/mol. The Morgan fingerprint density at radius 3 is 2.56 bits per heavy atom. The van der Waals surface area contributed by atoms with E-state index in [2.05, 4.69) is 20.6 Å². The third-order valence-electron chi connectivity index (χ3n) is 5.99. The van der Waals surface area contributed by atoms with Crippen LogP contribution in [0.4, 0.5) is 13.6 Å². The number of hydrogen-bond donors (Lipinski definition) is 1. The van der Waals surface area contributed by atoms with E-state index < -0.39 is 17.5 Å². The normalized spacial score (nSPS) is 14.8. The third kappa shape index (κ3) is 5.29. The molecule has 1 aliphatic heterocycles. The van der Waals surface area contributed by atoms with Crippen molar-refractivity contribution in [1.82, 2.24) is 30.2 Å². The van der Waals surface area contributed by atoms with Crippen LogP contribution in [0.2, 0.25) is 0 Å². The lowest BCUT2D eigenvalue weighted by Gasteiger charge is -2.32. The Labute approximate surface area is 207 Å². The SMILES string of the molecule is CCNC(=O)c1ccc(-c2cc3nnn(C4CCN(C(=O)OCC(C)(C)C)CC4)c3cn2)c(F)c1F. The lowest BCUT2D eigenvalue weighted by atomic mass is 9.99. The molecule has 1 aromatic carbocycles. The van der Waals surface area contributed by atoms with Crippen LogP contribution in [-0.2, 0) is 4.74 Å². The number of halogens is 2. The van der Waals surface area contributed by atoms with Crippen LogP contribution in [0, 0.1) is 17.0 Å². The van der Waals surface area contributed by atoms with Gasteiger partial charge in [-0.2, -0.15) is 0 Å². The molecule has 3 aromatic rings.